The van der Waals surface area contributed by atoms with E-state index in [9.17, 15) is 4.79 Å². The summed E-state index contributed by atoms with van der Waals surface area (Å²) < 4.78 is 0. The number of carbonyl (C=O) groups is 1. The van der Waals surface area contributed by atoms with Crippen LogP contribution in [0.2, 0.25) is 5.02 Å². The molecule has 0 unspecified atom stereocenters. The van der Waals surface area contributed by atoms with Crippen molar-refractivity contribution in [1.29, 1.82) is 10.8 Å². The van der Waals surface area contributed by atoms with Crippen molar-refractivity contribution >= 4 is 41.3 Å². The molecule has 198 valence electrons. The van der Waals surface area contributed by atoms with Crippen molar-refractivity contribution < 1.29 is 4.79 Å². The lowest BCUT2D eigenvalue weighted by Crippen LogP contribution is -2.25. The first-order valence-corrected chi connectivity index (χ1v) is 13.5. The fourth-order valence-corrected chi connectivity index (χ4v) is 4.90. The van der Waals surface area contributed by atoms with E-state index in [2.05, 4.69) is 11.9 Å². The van der Waals surface area contributed by atoms with Gasteiger partial charge in [-0.15, -0.1) is 0 Å². The maximum Gasteiger partial charge on any atom is 0.258 e. The van der Waals surface area contributed by atoms with Crippen LogP contribution < -0.4 is 5.32 Å². The van der Waals surface area contributed by atoms with Gasteiger partial charge in [0.05, 0.1) is 12.9 Å². The van der Waals surface area contributed by atoms with Crippen molar-refractivity contribution in [3.8, 4) is 11.1 Å². The second-order valence-electron chi connectivity index (χ2n) is 9.77. The second kappa shape index (κ2) is 12.1. The van der Waals surface area contributed by atoms with Crippen molar-refractivity contribution in [2.75, 3.05) is 20.1 Å². The molecule has 1 amide bonds. The minimum absolute atomic E-state index is 0.0489. The number of rotatable bonds is 11. The Labute approximate surface area is 234 Å². The molecule has 1 aliphatic carbocycles. The summed E-state index contributed by atoms with van der Waals surface area (Å²) in [7, 11) is 1.65. The van der Waals surface area contributed by atoms with Gasteiger partial charge in [0.15, 0.2) is 0 Å². The summed E-state index contributed by atoms with van der Waals surface area (Å²) in [4.78, 5) is 16.9. The van der Waals surface area contributed by atoms with Gasteiger partial charge in [-0.2, -0.15) is 0 Å². The molecule has 2 aromatic carbocycles. The van der Waals surface area contributed by atoms with Gasteiger partial charge in [0.25, 0.3) is 5.91 Å². The molecule has 3 N–H and O–H groups in total. The molecule has 1 fully saturated rings. The van der Waals surface area contributed by atoms with Crippen molar-refractivity contribution in [2.45, 2.75) is 32.7 Å². The molecule has 0 saturated heterocycles. The minimum Gasteiger partial charge on any atom is -0.321 e. The Balaban J connectivity index is 1.62. The van der Waals surface area contributed by atoms with E-state index in [0.717, 1.165) is 46.8 Å². The van der Waals surface area contributed by atoms with E-state index < -0.39 is 0 Å². The van der Waals surface area contributed by atoms with Gasteiger partial charge in [-0.1, -0.05) is 54.9 Å². The van der Waals surface area contributed by atoms with Crippen LogP contribution in [0.1, 0.15) is 47.7 Å². The first kappa shape index (κ1) is 27.8. The molecule has 4 rings (SSSR count). The number of allylic oxidation sites excluding steroid dienone is 3. The van der Waals surface area contributed by atoms with Gasteiger partial charge in [-0.05, 0) is 84.3 Å². The van der Waals surface area contributed by atoms with Gasteiger partial charge in [-0.3, -0.25) is 15.6 Å². The lowest BCUT2D eigenvalue weighted by atomic mass is 9.95. The monoisotopic (exact) mass is 549 g/mol. The average molecular weight is 551 g/mol. The van der Waals surface area contributed by atoms with Crippen LogP contribution in [0, 0.1) is 16.7 Å². The highest BCUT2D eigenvalue weighted by molar-refractivity contribution is 6.31. The summed E-state index contributed by atoms with van der Waals surface area (Å²) in [5, 5.41) is 20.5. The van der Waals surface area contributed by atoms with Gasteiger partial charge in [0.1, 0.15) is 5.84 Å². The molecule has 0 radical (unpaired) electrons. The number of hydrogen-bond acceptors (Lipinski definition) is 4. The summed E-state index contributed by atoms with van der Waals surface area (Å²) in [6, 6.07) is 11.2. The number of carbonyl (C=O) groups excluding carboxylic acids is 1. The average Bonchev–Trinajstić information content (AvgIpc) is 3.67. The lowest BCUT2D eigenvalue weighted by Gasteiger charge is -2.20. The SMILES string of the molecule is C=C(Cl)/C=C(\C=C(/CC)N1Cc2ccc(-c3ccc(Cl)cc3C(=N)N(C)C=N)cc2C1=O)CNCC1CC1. The van der Waals surface area contributed by atoms with Crippen LogP contribution in [0.5, 0.6) is 0 Å². The maximum absolute atomic E-state index is 13.6. The summed E-state index contributed by atoms with van der Waals surface area (Å²) in [5.41, 5.74) is 5.71. The fraction of sp³-hybridized carbons (Fsp3) is 0.300. The van der Waals surface area contributed by atoms with E-state index in [4.69, 9.17) is 34.0 Å². The van der Waals surface area contributed by atoms with E-state index >= 15 is 0 Å². The highest BCUT2D eigenvalue weighted by Gasteiger charge is 2.30. The molecule has 1 saturated carbocycles. The molecule has 6 nitrogen and oxygen atoms in total. The highest BCUT2D eigenvalue weighted by atomic mass is 35.5. The third-order valence-electron chi connectivity index (χ3n) is 6.87. The fourth-order valence-electron chi connectivity index (χ4n) is 4.59. The predicted octanol–water partition coefficient (Wildman–Crippen LogP) is 6.80. The quantitative estimate of drug-likeness (QED) is 0.164. The molecule has 1 heterocycles. The number of nitrogens with one attached hydrogen (secondary N) is 3. The molecule has 8 heteroatoms. The Kier molecular flexibility index (Phi) is 8.87. The summed E-state index contributed by atoms with van der Waals surface area (Å²) >= 11 is 12.4. The number of amidine groups is 1. The van der Waals surface area contributed by atoms with E-state index in [1.54, 1.807) is 19.2 Å². The molecule has 0 aromatic heterocycles. The number of halogens is 2. The summed E-state index contributed by atoms with van der Waals surface area (Å²) in [6.45, 7) is 8.02. The second-order valence-corrected chi connectivity index (χ2v) is 10.7. The van der Waals surface area contributed by atoms with Gasteiger partial charge in [0.2, 0.25) is 0 Å². The number of nitrogens with zero attached hydrogens (tertiary/aromatic N) is 2. The Morgan fingerprint density at radius 2 is 1.97 bits per heavy atom. The van der Waals surface area contributed by atoms with Crippen LogP contribution in [-0.2, 0) is 6.54 Å². The number of benzene rings is 2. The zero-order valence-electron chi connectivity index (χ0n) is 21.8. The molecule has 38 heavy (non-hydrogen) atoms. The third kappa shape index (κ3) is 6.44. The van der Waals surface area contributed by atoms with Gasteiger partial charge >= 0.3 is 0 Å². The van der Waals surface area contributed by atoms with Crippen molar-refractivity contribution in [2.24, 2.45) is 5.92 Å². The maximum atomic E-state index is 13.6. The largest absolute Gasteiger partial charge is 0.321 e. The van der Waals surface area contributed by atoms with E-state index in [1.165, 1.54) is 17.7 Å². The van der Waals surface area contributed by atoms with Crippen LogP contribution in [0.3, 0.4) is 0 Å². The molecule has 1 aliphatic heterocycles. The summed E-state index contributed by atoms with van der Waals surface area (Å²) in [6.07, 6.45) is 8.24. The third-order valence-corrected chi connectivity index (χ3v) is 7.21. The van der Waals surface area contributed by atoms with Gasteiger partial charge < -0.3 is 15.1 Å². The number of fused-ring (bicyclic) bond motifs is 1. The van der Waals surface area contributed by atoms with Crippen LogP contribution in [0.25, 0.3) is 11.1 Å². The molecular weight excluding hydrogens is 517 g/mol. The lowest BCUT2D eigenvalue weighted by molar-refractivity contribution is 0.0822. The van der Waals surface area contributed by atoms with Gasteiger partial charge in [-0.25, -0.2) is 0 Å². The van der Waals surface area contributed by atoms with Crippen molar-refractivity contribution in [3.63, 3.8) is 0 Å². The van der Waals surface area contributed by atoms with Crippen molar-refractivity contribution in [3.05, 3.63) is 93.1 Å². The predicted molar refractivity (Wildman–Crippen MR) is 157 cm³/mol. The van der Waals surface area contributed by atoms with E-state index in [1.807, 2.05) is 48.2 Å². The van der Waals surface area contributed by atoms with Crippen LogP contribution in [0.15, 0.2) is 71.4 Å². The topological polar surface area (TPSA) is 83.3 Å². The Hall–Kier alpha value is -3.19. The molecule has 0 atom stereocenters. The Morgan fingerprint density at radius 3 is 2.63 bits per heavy atom. The Bertz CT molecular complexity index is 1340. The van der Waals surface area contributed by atoms with Crippen LogP contribution in [0.4, 0.5) is 0 Å². The van der Waals surface area contributed by atoms with Crippen LogP contribution in [-0.4, -0.2) is 48.0 Å². The number of hydrogen-bond donors (Lipinski definition) is 3. The van der Waals surface area contributed by atoms with Crippen LogP contribution >= 0.6 is 23.2 Å². The van der Waals surface area contributed by atoms with Gasteiger partial charge in [0, 0.05) is 40.5 Å². The summed E-state index contributed by atoms with van der Waals surface area (Å²) in [5.74, 6) is 0.870. The zero-order valence-corrected chi connectivity index (χ0v) is 23.3. The minimum atomic E-state index is -0.0489. The molecule has 0 spiro atoms. The van der Waals surface area contributed by atoms with Crippen molar-refractivity contribution in [1.82, 2.24) is 15.1 Å². The van der Waals surface area contributed by atoms with E-state index in [0.29, 0.717) is 40.7 Å². The number of amides is 1. The first-order chi connectivity index (χ1) is 18.2. The molecule has 0 bridgehead atoms. The standard InChI is InChI=1S/C30H33Cl2N5O/c1-4-25(12-21(11-19(2)31)16-35-15-20-5-6-20)37-17-23-8-7-22(13-27(23)30(37)38)26-10-9-24(32)14-28(26)29(34)36(3)18-33/h7-14,18,20,33-35H,2,4-6,15-17H2,1,3H3/b21-11+,25-12+,33-18?,34-29?. The Morgan fingerprint density at radius 1 is 1.21 bits per heavy atom. The smallest absolute Gasteiger partial charge is 0.258 e. The molecular formula is C30H33Cl2N5O. The normalized spacial score (nSPS) is 15.5. The zero-order chi connectivity index (χ0) is 27.4. The highest BCUT2D eigenvalue weighted by Crippen LogP contribution is 2.34. The van der Waals surface area contributed by atoms with E-state index in [-0.39, 0.29) is 11.7 Å². The molecule has 2 aromatic rings. The first-order valence-electron chi connectivity index (χ1n) is 12.7. The molecule has 2 aliphatic rings.